The molecule has 5 nitrogen and oxygen atoms in total. The second kappa shape index (κ2) is 8.54. The normalized spacial score (nSPS) is 18.7. The fourth-order valence-electron chi connectivity index (χ4n) is 2.60. The van der Waals surface area contributed by atoms with Crippen LogP contribution in [0.3, 0.4) is 0 Å². The van der Waals surface area contributed by atoms with Crippen molar-refractivity contribution in [3.8, 4) is 0 Å². The highest BCUT2D eigenvalue weighted by molar-refractivity contribution is 5.87. The average Bonchev–Trinajstić information content (AvgIpc) is 3.08. The van der Waals surface area contributed by atoms with Crippen molar-refractivity contribution < 1.29 is 19.1 Å². The first-order valence-corrected chi connectivity index (χ1v) is 7.74. The third kappa shape index (κ3) is 4.84. The van der Waals surface area contributed by atoms with Crippen molar-refractivity contribution >= 4 is 11.9 Å². The number of hydrogen-bond acceptors (Lipinski definition) is 4. The summed E-state index contributed by atoms with van der Waals surface area (Å²) < 4.78 is 10.1. The van der Waals surface area contributed by atoms with Crippen molar-refractivity contribution in [2.24, 2.45) is 0 Å². The summed E-state index contributed by atoms with van der Waals surface area (Å²) in [6.45, 7) is 0.606. The van der Waals surface area contributed by atoms with Crippen LogP contribution in [-0.2, 0) is 25.5 Å². The molecule has 0 bridgehead atoms. The van der Waals surface area contributed by atoms with Crippen LogP contribution in [0.1, 0.15) is 31.2 Å². The second-order valence-corrected chi connectivity index (χ2v) is 5.46. The van der Waals surface area contributed by atoms with E-state index in [1.54, 1.807) is 0 Å². The second-order valence-electron chi connectivity index (χ2n) is 5.46. The maximum absolute atomic E-state index is 12.1. The third-order valence-electron chi connectivity index (χ3n) is 3.83. The van der Waals surface area contributed by atoms with Crippen molar-refractivity contribution in [2.45, 2.75) is 44.2 Å². The average molecular weight is 305 g/mol. The SMILES string of the molecule is COC(=O)[C@@H](CCCc1ccccc1)NC(=O)[C@H]1CCCO1. The number of ether oxygens (including phenoxy) is 2. The van der Waals surface area contributed by atoms with E-state index in [-0.39, 0.29) is 5.91 Å². The number of amides is 1. The van der Waals surface area contributed by atoms with Crippen molar-refractivity contribution in [3.63, 3.8) is 0 Å². The first kappa shape index (κ1) is 16.5. The molecule has 0 aromatic heterocycles. The summed E-state index contributed by atoms with van der Waals surface area (Å²) in [6.07, 6.45) is 3.39. The Kier molecular flexibility index (Phi) is 6.40. The van der Waals surface area contributed by atoms with Gasteiger partial charge in [0.15, 0.2) is 0 Å². The Balaban J connectivity index is 1.83. The molecule has 22 heavy (non-hydrogen) atoms. The minimum absolute atomic E-state index is 0.215. The quantitative estimate of drug-likeness (QED) is 0.781. The lowest BCUT2D eigenvalue weighted by Gasteiger charge is -2.18. The van der Waals surface area contributed by atoms with E-state index in [2.05, 4.69) is 17.4 Å². The van der Waals surface area contributed by atoms with Crippen LogP contribution in [0.5, 0.6) is 0 Å². The van der Waals surface area contributed by atoms with E-state index >= 15 is 0 Å². The Hall–Kier alpha value is -1.88. The fraction of sp³-hybridized carbons (Fsp3) is 0.529. The molecular formula is C17H23NO4. The largest absolute Gasteiger partial charge is 0.467 e. The molecule has 1 fully saturated rings. The van der Waals surface area contributed by atoms with Crippen molar-refractivity contribution in [3.05, 3.63) is 35.9 Å². The van der Waals surface area contributed by atoms with Crippen LogP contribution in [0.15, 0.2) is 30.3 Å². The number of carbonyl (C=O) groups is 2. The van der Waals surface area contributed by atoms with E-state index in [0.29, 0.717) is 19.4 Å². The van der Waals surface area contributed by atoms with Crippen LogP contribution in [0, 0.1) is 0 Å². The number of nitrogens with one attached hydrogen (secondary N) is 1. The first-order chi connectivity index (χ1) is 10.7. The van der Waals surface area contributed by atoms with E-state index in [1.807, 2.05) is 18.2 Å². The Morgan fingerprint density at radius 3 is 2.77 bits per heavy atom. The molecule has 1 N–H and O–H groups in total. The molecular weight excluding hydrogens is 282 g/mol. The summed E-state index contributed by atoms with van der Waals surface area (Å²) in [6, 6.07) is 9.46. The number of methoxy groups -OCH3 is 1. The van der Waals surface area contributed by atoms with Gasteiger partial charge in [0, 0.05) is 6.61 Å². The van der Waals surface area contributed by atoms with E-state index in [9.17, 15) is 9.59 Å². The highest BCUT2D eigenvalue weighted by atomic mass is 16.5. The molecule has 5 heteroatoms. The molecule has 0 aliphatic carbocycles. The van der Waals surface area contributed by atoms with E-state index < -0.39 is 18.1 Å². The lowest BCUT2D eigenvalue weighted by molar-refractivity contribution is -0.146. The first-order valence-electron chi connectivity index (χ1n) is 7.74. The molecule has 2 atom stereocenters. The molecule has 1 aliphatic rings. The fourth-order valence-corrected chi connectivity index (χ4v) is 2.60. The highest BCUT2D eigenvalue weighted by Gasteiger charge is 2.28. The molecule has 1 heterocycles. The number of carbonyl (C=O) groups excluding carboxylic acids is 2. The number of rotatable bonds is 7. The summed E-state index contributed by atoms with van der Waals surface area (Å²) >= 11 is 0. The van der Waals surface area contributed by atoms with Gasteiger partial charge in [0.1, 0.15) is 12.1 Å². The zero-order valence-corrected chi connectivity index (χ0v) is 12.9. The Labute approximate surface area is 131 Å². The molecule has 0 saturated carbocycles. The molecule has 0 radical (unpaired) electrons. The molecule has 1 aliphatic heterocycles. The van der Waals surface area contributed by atoms with E-state index in [0.717, 1.165) is 19.3 Å². The van der Waals surface area contributed by atoms with Gasteiger partial charge in [0.05, 0.1) is 7.11 Å². The van der Waals surface area contributed by atoms with Gasteiger partial charge in [-0.05, 0) is 37.7 Å². The van der Waals surface area contributed by atoms with Gasteiger partial charge in [-0.1, -0.05) is 30.3 Å². The van der Waals surface area contributed by atoms with Crippen LogP contribution in [0.25, 0.3) is 0 Å². The summed E-state index contributed by atoms with van der Waals surface area (Å²) in [5.74, 6) is -0.619. The molecule has 120 valence electrons. The number of aryl methyl sites for hydroxylation is 1. The maximum Gasteiger partial charge on any atom is 0.328 e. The molecule has 2 rings (SSSR count). The van der Waals surface area contributed by atoms with Gasteiger partial charge in [-0.3, -0.25) is 4.79 Å². The molecule has 1 aromatic carbocycles. The van der Waals surface area contributed by atoms with Gasteiger partial charge in [-0.25, -0.2) is 4.79 Å². The molecule has 1 aromatic rings. The molecule has 1 amide bonds. The number of hydrogen-bond donors (Lipinski definition) is 1. The van der Waals surface area contributed by atoms with Gasteiger partial charge < -0.3 is 14.8 Å². The zero-order chi connectivity index (χ0) is 15.8. The maximum atomic E-state index is 12.1. The highest BCUT2D eigenvalue weighted by Crippen LogP contribution is 2.13. The van der Waals surface area contributed by atoms with Crippen LogP contribution in [-0.4, -0.2) is 37.7 Å². The lowest BCUT2D eigenvalue weighted by atomic mass is 10.0. The zero-order valence-electron chi connectivity index (χ0n) is 12.9. The minimum atomic E-state index is -0.606. The Morgan fingerprint density at radius 2 is 2.14 bits per heavy atom. The third-order valence-corrected chi connectivity index (χ3v) is 3.83. The number of benzene rings is 1. The van der Waals surface area contributed by atoms with Crippen molar-refractivity contribution in [1.29, 1.82) is 0 Å². The van der Waals surface area contributed by atoms with E-state index in [1.165, 1.54) is 12.7 Å². The van der Waals surface area contributed by atoms with Crippen LogP contribution < -0.4 is 5.32 Å². The predicted molar refractivity (Wildman–Crippen MR) is 82.3 cm³/mol. The van der Waals surface area contributed by atoms with Gasteiger partial charge in [0.25, 0.3) is 0 Å². The molecule has 0 unspecified atom stereocenters. The molecule has 1 saturated heterocycles. The lowest BCUT2D eigenvalue weighted by Crippen LogP contribution is -2.45. The van der Waals surface area contributed by atoms with Crippen LogP contribution in [0.2, 0.25) is 0 Å². The summed E-state index contributed by atoms with van der Waals surface area (Å²) in [7, 11) is 1.34. The van der Waals surface area contributed by atoms with Gasteiger partial charge in [-0.2, -0.15) is 0 Å². The van der Waals surface area contributed by atoms with Crippen molar-refractivity contribution in [1.82, 2.24) is 5.32 Å². The van der Waals surface area contributed by atoms with Crippen LogP contribution in [0.4, 0.5) is 0 Å². The van der Waals surface area contributed by atoms with Gasteiger partial charge in [0.2, 0.25) is 5.91 Å². The Morgan fingerprint density at radius 1 is 1.36 bits per heavy atom. The topological polar surface area (TPSA) is 64.6 Å². The van der Waals surface area contributed by atoms with Crippen molar-refractivity contribution in [2.75, 3.05) is 13.7 Å². The monoisotopic (exact) mass is 305 g/mol. The summed E-state index contributed by atoms with van der Waals surface area (Å²) in [5, 5.41) is 2.76. The predicted octanol–water partition coefficient (Wildman–Crippen LogP) is 1.85. The smallest absolute Gasteiger partial charge is 0.328 e. The van der Waals surface area contributed by atoms with Gasteiger partial charge >= 0.3 is 5.97 Å². The number of esters is 1. The Bertz CT molecular complexity index is 483. The minimum Gasteiger partial charge on any atom is -0.467 e. The summed E-state index contributed by atoms with van der Waals surface area (Å²) in [5.41, 5.74) is 1.22. The summed E-state index contributed by atoms with van der Waals surface area (Å²) in [4.78, 5) is 23.9. The van der Waals surface area contributed by atoms with Crippen LogP contribution >= 0.6 is 0 Å². The molecule has 0 spiro atoms. The van der Waals surface area contributed by atoms with E-state index in [4.69, 9.17) is 9.47 Å². The standard InChI is InChI=1S/C17H23NO4/c1-21-17(20)14(18-16(19)15-11-6-12-22-15)10-5-9-13-7-3-2-4-8-13/h2-4,7-8,14-15H,5-6,9-12H2,1H3,(H,18,19)/t14-,15-/m1/s1. The van der Waals surface area contributed by atoms with Gasteiger partial charge in [-0.15, -0.1) is 0 Å².